The Morgan fingerprint density at radius 3 is 2.76 bits per heavy atom. The number of hydrogen-bond acceptors (Lipinski definition) is 5. The number of nitro benzene ring substituents is 1. The number of amidine groups is 1. The molecule has 0 saturated heterocycles. The topological polar surface area (TPSA) is 115 Å². The van der Waals surface area contributed by atoms with E-state index >= 15 is 0 Å². The number of aryl methyl sites for hydroxylation is 1. The van der Waals surface area contributed by atoms with Crippen molar-refractivity contribution in [2.24, 2.45) is 5.73 Å². The van der Waals surface area contributed by atoms with Gasteiger partial charge in [-0.15, -0.1) is 0 Å². The molecule has 7 nitrogen and oxygen atoms in total. The molecule has 2 aromatic rings. The highest BCUT2D eigenvalue weighted by molar-refractivity contribution is 9.10. The molecular formula is C13H11BrN4O3. The van der Waals surface area contributed by atoms with Crippen LogP contribution in [-0.4, -0.2) is 15.7 Å². The Morgan fingerprint density at radius 1 is 1.43 bits per heavy atom. The summed E-state index contributed by atoms with van der Waals surface area (Å²) >= 11 is 3.17. The maximum absolute atomic E-state index is 11.0. The summed E-state index contributed by atoms with van der Waals surface area (Å²) in [6.07, 6.45) is 0. The number of nitro groups is 1. The molecule has 0 atom stereocenters. The first-order valence-electron chi connectivity index (χ1n) is 5.81. The van der Waals surface area contributed by atoms with Crippen LogP contribution in [-0.2, 0) is 0 Å². The quantitative estimate of drug-likeness (QED) is 0.380. The van der Waals surface area contributed by atoms with Crippen molar-refractivity contribution in [3.8, 4) is 11.6 Å². The molecule has 1 aromatic carbocycles. The lowest BCUT2D eigenvalue weighted by molar-refractivity contribution is -0.385. The number of nitrogens with two attached hydrogens (primary N) is 1. The van der Waals surface area contributed by atoms with E-state index in [1.54, 1.807) is 19.1 Å². The molecule has 0 aliphatic rings. The zero-order chi connectivity index (χ0) is 15.6. The molecule has 0 spiro atoms. The summed E-state index contributed by atoms with van der Waals surface area (Å²) in [6.45, 7) is 1.72. The fourth-order valence-corrected chi connectivity index (χ4v) is 2.03. The van der Waals surface area contributed by atoms with Crippen molar-refractivity contribution in [1.82, 2.24) is 4.98 Å². The van der Waals surface area contributed by atoms with Crippen molar-refractivity contribution < 1.29 is 9.66 Å². The fourth-order valence-electron chi connectivity index (χ4n) is 1.68. The third-order valence-corrected chi connectivity index (χ3v) is 3.07. The minimum Gasteiger partial charge on any atom is -0.432 e. The highest BCUT2D eigenvalue weighted by Crippen LogP contribution is 2.33. The van der Waals surface area contributed by atoms with Crippen LogP contribution in [0.15, 0.2) is 34.8 Å². The zero-order valence-corrected chi connectivity index (χ0v) is 12.5. The standard InChI is InChI=1S/C13H11BrN4O3/c1-7-4-8(13(15)16)5-12(17-7)21-11-3-2-9(14)6-10(11)18(19)20/h2-6H,1H3,(H3,15,16). The molecule has 21 heavy (non-hydrogen) atoms. The molecule has 0 radical (unpaired) electrons. The van der Waals surface area contributed by atoms with Gasteiger partial charge in [0.2, 0.25) is 11.6 Å². The zero-order valence-electron chi connectivity index (χ0n) is 11.0. The summed E-state index contributed by atoms with van der Waals surface area (Å²) in [5, 5.41) is 18.5. The Morgan fingerprint density at radius 2 is 2.14 bits per heavy atom. The van der Waals surface area contributed by atoms with Crippen molar-refractivity contribution >= 4 is 27.5 Å². The second-order valence-corrected chi connectivity index (χ2v) is 5.14. The lowest BCUT2D eigenvalue weighted by Gasteiger charge is -2.08. The monoisotopic (exact) mass is 350 g/mol. The van der Waals surface area contributed by atoms with E-state index in [1.807, 2.05) is 0 Å². The second kappa shape index (κ2) is 5.88. The lowest BCUT2D eigenvalue weighted by Crippen LogP contribution is -2.11. The van der Waals surface area contributed by atoms with E-state index in [-0.39, 0.29) is 23.2 Å². The van der Waals surface area contributed by atoms with Gasteiger partial charge in [0.1, 0.15) is 5.84 Å². The molecular weight excluding hydrogens is 340 g/mol. The molecule has 1 aromatic heterocycles. The van der Waals surface area contributed by atoms with Crippen LogP contribution in [0.3, 0.4) is 0 Å². The third kappa shape index (κ3) is 3.54. The number of nitrogens with zero attached hydrogens (tertiary/aromatic N) is 2. The predicted molar refractivity (Wildman–Crippen MR) is 80.9 cm³/mol. The molecule has 0 amide bonds. The molecule has 108 valence electrons. The Balaban J connectivity index is 2.43. The summed E-state index contributed by atoms with van der Waals surface area (Å²) < 4.78 is 6.04. The van der Waals surface area contributed by atoms with E-state index in [9.17, 15) is 10.1 Å². The molecule has 8 heteroatoms. The van der Waals surface area contributed by atoms with E-state index in [4.69, 9.17) is 15.9 Å². The van der Waals surface area contributed by atoms with Crippen LogP contribution in [0.5, 0.6) is 11.6 Å². The molecule has 0 aliphatic heterocycles. The second-order valence-electron chi connectivity index (χ2n) is 4.22. The summed E-state index contributed by atoms with van der Waals surface area (Å²) in [5.74, 6) is 0.0806. The minimum atomic E-state index is -0.540. The van der Waals surface area contributed by atoms with Crippen molar-refractivity contribution in [3.05, 3.63) is 56.2 Å². The van der Waals surface area contributed by atoms with Gasteiger partial charge in [0.25, 0.3) is 0 Å². The average molecular weight is 351 g/mol. The summed E-state index contributed by atoms with van der Waals surface area (Å²) in [5.41, 5.74) is 6.28. The predicted octanol–water partition coefficient (Wildman–Crippen LogP) is 3.14. The van der Waals surface area contributed by atoms with Gasteiger partial charge in [0.05, 0.1) is 4.92 Å². The van der Waals surface area contributed by atoms with Gasteiger partial charge in [-0.2, -0.15) is 0 Å². The van der Waals surface area contributed by atoms with Crippen molar-refractivity contribution in [2.75, 3.05) is 0 Å². The van der Waals surface area contributed by atoms with Gasteiger partial charge < -0.3 is 10.5 Å². The molecule has 0 saturated carbocycles. The van der Waals surface area contributed by atoms with Crippen molar-refractivity contribution in [2.45, 2.75) is 6.92 Å². The van der Waals surface area contributed by atoms with E-state index in [2.05, 4.69) is 20.9 Å². The number of nitrogen functional groups attached to an aromatic ring is 1. The largest absolute Gasteiger partial charge is 0.432 e. The van der Waals surface area contributed by atoms with E-state index in [0.717, 1.165) is 0 Å². The smallest absolute Gasteiger partial charge is 0.312 e. The van der Waals surface area contributed by atoms with Crippen LogP contribution in [0.4, 0.5) is 5.69 Å². The lowest BCUT2D eigenvalue weighted by atomic mass is 10.2. The Bertz CT molecular complexity index is 733. The fraction of sp³-hybridized carbons (Fsp3) is 0.0769. The van der Waals surface area contributed by atoms with Crippen molar-refractivity contribution in [1.29, 1.82) is 5.41 Å². The minimum absolute atomic E-state index is 0.0656. The average Bonchev–Trinajstić information content (AvgIpc) is 2.40. The third-order valence-electron chi connectivity index (χ3n) is 2.57. The number of benzene rings is 1. The van der Waals surface area contributed by atoms with Crippen molar-refractivity contribution in [3.63, 3.8) is 0 Å². The van der Waals surface area contributed by atoms with Gasteiger partial charge in [0, 0.05) is 27.9 Å². The molecule has 0 unspecified atom stereocenters. The van der Waals surface area contributed by atoms with Gasteiger partial charge in [0.15, 0.2) is 0 Å². The van der Waals surface area contributed by atoms with Crippen LogP contribution in [0.25, 0.3) is 0 Å². The van der Waals surface area contributed by atoms with Crippen LogP contribution in [0.2, 0.25) is 0 Å². The van der Waals surface area contributed by atoms with Crippen LogP contribution in [0.1, 0.15) is 11.3 Å². The Kier molecular flexibility index (Phi) is 4.18. The van der Waals surface area contributed by atoms with Gasteiger partial charge in [-0.25, -0.2) is 4.98 Å². The Labute approximate surface area is 128 Å². The molecule has 3 N–H and O–H groups in total. The van der Waals surface area contributed by atoms with Gasteiger partial charge in [-0.3, -0.25) is 15.5 Å². The van der Waals surface area contributed by atoms with E-state index in [1.165, 1.54) is 18.2 Å². The molecule has 2 rings (SSSR count). The summed E-state index contributed by atoms with van der Waals surface area (Å²) in [6, 6.07) is 7.53. The van der Waals surface area contributed by atoms with E-state index < -0.39 is 4.92 Å². The first-order valence-corrected chi connectivity index (χ1v) is 6.61. The Hall–Kier alpha value is -2.48. The maximum Gasteiger partial charge on any atom is 0.312 e. The molecule has 1 heterocycles. The summed E-state index contributed by atoms with van der Waals surface area (Å²) in [7, 11) is 0. The van der Waals surface area contributed by atoms with Gasteiger partial charge >= 0.3 is 5.69 Å². The number of halogens is 1. The number of pyridine rings is 1. The SMILES string of the molecule is Cc1cc(C(=N)N)cc(Oc2ccc(Br)cc2[N+](=O)[O-])n1. The van der Waals surface area contributed by atoms with E-state index in [0.29, 0.717) is 15.7 Å². The molecule has 0 fully saturated rings. The highest BCUT2D eigenvalue weighted by Gasteiger charge is 2.17. The maximum atomic E-state index is 11.0. The summed E-state index contributed by atoms with van der Waals surface area (Å²) in [4.78, 5) is 14.6. The molecule has 0 aliphatic carbocycles. The first-order chi connectivity index (χ1) is 9.86. The number of nitrogens with one attached hydrogen (secondary N) is 1. The van der Waals surface area contributed by atoms with Crippen LogP contribution < -0.4 is 10.5 Å². The van der Waals surface area contributed by atoms with Gasteiger partial charge in [-0.1, -0.05) is 15.9 Å². The molecule has 0 bridgehead atoms. The number of ether oxygens (including phenoxy) is 1. The first kappa shape index (κ1) is 14.9. The van der Waals surface area contributed by atoms with Gasteiger partial charge in [-0.05, 0) is 25.1 Å². The van der Waals surface area contributed by atoms with Crippen LogP contribution >= 0.6 is 15.9 Å². The van der Waals surface area contributed by atoms with Crippen LogP contribution in [0, 0.1) is 22.4 Å². The normalized spacial score (nSPS) is 10.2. The number of hydrogen-bond donors (Lipinski definition) is 2. The highest BCUT2D eigenvalue weighted by atomic mass is 79.9. The number of rotatable bonds is 4. The number of aromatic nitrogens is 1.